The topological polar surface area (TPSA) is 108 Å². The van der Waals surface area contributed by atoms with Crippen molar-refractivity contribution in [3.63, 3.8) is 0 Å². The SMILES string of the molecule is CS(=O)(=O)O[C@H]([C@H](c1ccccc1)c1cccc(F)c1F)[C@H]1CCCN1C(=O)c1nn(Cc2ccccc2)cc(OCc2ccccc2)c1=O. The van der Waals surface area contributed by atoms with Gasteiger partial charge >= 0.3 is 0 Å². The second kappa shape index (κ2) is 15.1. The van der Waals surface area contributed by atoms with E-state index in [9.17, 15) is 22.4 Å². The number of rotatable bonds is 12. The Kier molecular flexibility index (Phi) is 10.5. The largest absolute Gasteiger partial charge is 0.483 e. The van der Waals surface area contributed by atoms with Crippen molar-refractivity contribution in [2.24, 2.45) is 0 Å². The summed E-state index contributed by atoms with van der Waals surface area (Å²) in [5, 5.41) is 4.45. The van der Waals surface area contributed by atoms with Crippen molar-refractivity contribution in [1.82, 2.24) is 14.7 Å². The monoisotopic (exact) mass is 699 g/mol. The van der Waals surface area contributed by atoms with Crippen LogP contribution >= 0.6 is 0 Å². The van der Waals surface area contributed by atoms with Crippen molar-refractivity contribution < 1.29 is 30.9 Å². The molecule has 9 nitrogen and oxygen atoms in total. The predicted molar refractivity (Wildman–Crippen MR) is 183 cm³/mol. The van der Waals surface area contributed by atoms with Crippen molar-refractivity contribution in [2.75, 3.05) is 12.8 Å². The molecule has 0 unspecified atom stereocenters. The number of aromatic nitrogens is 2. The van der Waals surface area contributed by atoms with E-state index in [1.54, 1.807) is 30.3 Å². The molecule has 0 saturated carbocycles. The lowest BCUT2D eigenvalue weighted by molar-refractivity contribution is 0.0524. The minimum absolute atomic E-state index is 0.0631. The molecule has 50 heavy (non-hydrogen) atoms. The molecule has 12 heteroatoms. The van der Waals surface area contributed by atoms with Crippen LogP contribution in [0.25, 0.3) is 0 Å². The van der Waals surface area contributed by atoms with Gasteiger partial charge in [0.2, 0.25) is 0 Å². The second-order valence-electron chi connectivity index (χ2n) is 12.1. The minimum Gasteiger partial charge on any atom is -0.483 e. The van der Waals surface area contributed by atoms with Crippen LogP contribution in [0.4, 0.5) is 8.78 Å². The molecular formula is C38H35F2N3O6S. The third kappa shape index (κ3) is 7.98. The van der Waals surface area contributed by atoms with Crippen LogP contribution in [-0.4, -0.2) is 54.0 Å². The Morgan fingerprint density at radius 3 is 2.20 bits per heavy atom. The van der Waals surface area contributed by atoms with Gasteiger partial charge in [0.1, 0.15) is 12.7 Å². The zero-order valence-electron chi connectivity index (χ0n) is 27.2. The fourth-order valence-corrected chi connectivity index (χ4v) is 7.02. The van der Waals surface area contributed by atoms with Crippen molar-refractivity contribution in [3.8, 4) is 5.75 Å². The van der Waals surface area contributed by atoms with Crippen LogP contribution in [0.15, 0.2) is 120 Å². The van der Waals surface area contributed by atoms with E-state index in [2.05, 4.69) is 5.10 Å². The van der Waals surface area contributed by atoms with Crippen LogP contribution in [0.1, 0.15) is 51.5 Å². The van der Waals surface area contributed by atoms with Gasteiger partial charge in [-0.15, -0.1) is 0 Å². The molecule has 5 aromatic rings. The maximum absolute atomic E-state index is 15.5. The summed E-state index contributed by atoms with van der Waals surface area (Å²) < 4.78 is 68.9. The molecule has 0 aliphatic carbocycles. The molecule has 0 radical (unpaired) electrons. The minimum atomic E-state index is -4.20. The van der Waals surface area contributed by atoms with Crippen LogP contribution in [0.3, 0.4) is 0 Å². The molecule has 0 N–H and O–H groups in total. The molecule has 4 aromatic carbocycles. The van der Waals surface area contributed by atoms with E-state index in [0.717, 1.165) is 23.4 Å². The molecule has 1 aromatic heterocycles. The van der Waals surface area contributed by atoms with Gasteiger partial charge in [-0.05, 0) is 35.6 Å². The van der Waals surface area contributed by atoms with E-state index in [1.807, 2.05) is 60.7 Å². The molecule has 1 aliphatic rings. The molecule has 2 heterocycles. The molecule has 6 rings (SSSR count). The van der Waals surface area contributed by atoms with E-state index < -0.39 is 56.8 Å². The fraction of sp³-hybridized carbons (Fsp3) is 0.237. The Balaban J connectivity index is 1.42. The van der Waals surface area contributed by atoms with Gasteiger partial charge in [0, 0.05) is 18.0 Å². The van der Waals surface area contributed by atoms with Gasteiger partial charge < -0.3 is 9.64 Å². The lowest BCUT2D eigenvalue weighted by Crippen LogP contribution is -2.48. The molecule has 0 bridgehead atoms. The number of nitrogens with zero attached hydrogens (tertiary/aromatic N) is 3. The van der Waals surface area contributed by atoms with Crippen molar-refractivity contribution >= 4 is 16.0 Å². The number of halogens is 2. The Hall–Kier alpha value is -5.20. The van der Waals surface area contributed by atoms with Gasteiger partial charge in [-0.3, -0.25) is 18.5 Å². The average molecular weight is 700 g/mol. The van der Waals surface area contributed by atoms with E-state index in [0.29, 0.717) is 12.0 Å². The molecule has 1 saturated heterocycles. The van der Waals surface area contributed by atoms with Crippen LogP contribution in [0.2, 0.25) is 0 Å². The summed E-state index contributed by atoms with van der Waals surface area (Å²) in [5.41, 5.74) is 0.818. The van der Waals surface area contributed by atoms with E-state index in [4.69, 9.17) is 8.92 Å². The van der Waals surface area contributed by atoms with Crippen LogP contribution in [0, 0.1) is 11.6 Å². The Labute approximate surface area is 288 Å². The third-order valence-electron chi connectivity index (χ3n) is 8.59. The summed E-state index contributed by atoms with van der Waals surface area (Å²) in [6.45, 7) is 0.421. The fourth-order valence-electron chi connectivity index (χ4n) is 6.38. The van der Waals surface area contributed by atoms with Gasteiger partial charge in [0.05, 0.1) is 25.0 Å². The normalized spacial score (nSPS) is 15.8. The van der Waals surface area contributed by atoms with Gasteiger partial charge in [-0.2, -0.15) is 13.5 Å². The zero-order chi connectivity index (χ0) is 35.3. The maximum Gasteiger partial charge on any atom is 0.278 e. The average Bonchev–Trinajstić information content (AvgIpc) is 3.60. The van der Waals surface area contributed by atoms with E-state index >= 15 is 4.39 Å². The van der Waals surface area contributed by atoms with Crippen LogP contribution in [-0.2, 0) is 27.5 Å². The maximum atomic E-state index is 15.5. The Morgan fingerprint density at radius 2 is 1.54 bits per heavy atom. The molecule has 1 amide bonds. The standard InChI is InChI=1S/C38H35F2N3O6S/c1-50(46,47)49-37(33(28-17-9-4-10-18-28)29-19-11-20-30(39)34(29)40)31-21-12-22-43(31)38(45)35-36(44)32(48-25-27-15-7-3-8-16-27)24-42(41-35)23-26-13-5-2-6-14-26/h2-11,13-20,24,31,33,37H,12,21-23,25H2,1H3/t31-,33-,37+/m1/s1. The molecular weight excluding hydrogens is 664 g/mol. The lowest BCUT2D eigenvalue weighted by atomic mass is 9.82. The molecule has 3 atom stereocenters. The highest BCUT2D eigenvalue weighted by molar-refractivity contribution is 7.86. The molecule has 1 fully saturated rings. The number of benzene rings is 4. The predicted octanol–water partition coefficient (Wildman–Crippen LogP) is 5.93. The Morgan fingerprint density at radius 1 is 0.900 bits per heavy atom. The number of ether oxygens (including phenoxy) is 1. The molecule has 258 valence electrons. The number of hydrogen-bond donors (Lipinski definition) is 0. The summed E-state index contributed by atoms with van der Waals surface area (Å²) in [6.07, 6.45) is 1.61. The number of amides is 1. The van der Waals surface area contributed by atoms with Gasteiger partial charge in [-0.25, -0.2) is 8.78 Å². The first-order valence-corrected chi connectivity index (χ1v) is 17.9. The zero-order valence-corrected chi connectivity index (χ0v) is 28.0. The molecule has 0 spiro atoms. The van der Waals surface area contributed by atoms with E-state index in [-0.39, 0.29) is 37.4 Å². The summed E-state index contributed by atoms with van der Waals surface area (Å²) >= 11 is 0. The number of hydrogen-bond acceptors (Lipinski definition) is 7. The Bertz CT molecular complexity index is 2120. The summed E-state index contributed by atoms with van der Waals surface area (Å²) in [7, 11) is -4.20. The van der Waals surface area contributed by atoms with Crippen molar-refractivity contribution in [1.29, 1.82) is 0 Å². The highest BCUT2D eigenvalue weighted by Crippen LogP contribution is 2.39. The summed E-state index contributed by atoms with van der Waals surface area (Å²) in [4.78, 5) is 29.7. The summed E-state index contributed by atoms with van der Waals surface area (Å²) in [6, 6.07) is 29.7. The third-order valence-corrected chi connectivity index (χ3v) is 9.16. The highest BCUT2D eigenvalue weighted by atomic mass is 32.2. The smallest absolute Gasteiger partial charge is 0.278 e. The van der Waals surface area contributed by atoms with E-state index in [1.165, 1.54) is 27.9 Å². The lowest BCUT2D eigenvalue weighted by Gasteiger charge is -2.36. The quantitative estimate of drug-likeness (QED) is 0.149. The van der Waals surface area contributed by atoms with Crippen molar-refractivity contribution in [3.05, 3.63) is 165 Å². The number of carbonyl (C=O) groups excluding carboxylic acids is 1. The molecule has 1 aliphatic heterocycles. The van der Waals surface area contributed by atoms with Gasteiger partial charge in [0.15, 0.2) is 23.1 Å². The summed E-state index contributed by atoms with van der Waals surface area (Å²) in [5.74, 6) is -4.28. The van der Waals surface area contributed by atoms with Gasteiger partial charge in [-0.1, -0.05) is 103 Å². The number of carbonyl (C=O) groups is 1. The van der Waals surface area contributed by atoms with Crippen LogP contribution in [0.5, 0.6) is 5.75 Å². The second-order valence-corrected chi connectivity index (χ2v) is 13.7. The first-order chi connectivity index (χ1) is 24.1. The first-order valence-electron chi connectivity index (χ1n) is 16.1. The van der Waals surface area contributed by atoms with Crippen LogP contribution < -0.4 is 10.2 Å². The highest BCUT2D eigenvalue weighted by Gasteiger charge is 2.44. The first kappa shape index (κ1) is 34.7. The van der Waals surface area contributed by atoms with Gasteiger partial charge in [0.25, 0.3) is 21.5 Å². The number of likely N-dealkylation sites (tertiary alicyclic amines) is 1. The van der Waals surface area contributed by atoms with Crippen molar-refractivity contribution in [2.45, 2.75) is 44.1 Å².